The molecule has 0 bridgehead atoms. The number of amides is 1. The smallest absolute Gasteiger partial charge is 0.276 e. The fraction of sp³-hybridized carbons (Fsp3) is 0.118. The van der Waals surface area contributed by atoms with Gasteiger partial charge in [0, 0.05) is 7.05 Å². The van der Waals surface area contributed by atoms with Crippen LogP contribution in [-0.2, 0) is 6.54 Å². The number of fused-ring (bicyclic) bond motifs is 1. The maximum Gasteiger partial charge on any atom is 0.276 e. The molecule has 0 aliphatic rings. The fourth-order valence-electron chi connectivity index (χ4n) is 2.42. The van der Waals surface area contributed by atoms with Gasteiger partial charge in [0.25, 0.3) is 5.91 Å². The zero-order valence-corrected chi connectivity index (χ0v) is 13.6. The van der Waals surface area contributed by atoms with Crippen molar-refractivity contribution in [3.8, 4) is 11.5 Å². The van der Waals surface area contributed by atoms with Crippen molar-refractivity contribution >= 4 is 27.5 Å². The Morgan fingerprint density at radius 2 is 2.08 bits per heavy atom. The molecule has 1 aromatic carbocycles. The second-order valence-corrected chi connectivity index (χ2v) is 6.36. The third-order valence-corrected chi connectivity index (χ3v) is 4.59. The van der Waals surface area contributed by atoms with E-state index in [0.717, 1.165) is 15.2 Å². The van der Waals surface area contributed by atoms with Gasteiger partial charge in [-0.3, -0.25) is 4.79 Å². The molecular weight excluding hydrogens is 326 g/mol. The van der Waals surface area contributed by atoms with Gasteiger partial charge in [-0.2, -0.15) is 0 Å². The predicted octanol–water partition coefficient (Wildman–Crippen LogP) is 3.82. The van der Waals surface area contributed by atoms with Crippen molar-refractivity contribution in [1.29, 1.82) is 0 Å². The molecule has 0 saturated carbocycles. The summed E-state index contributed by atoms with van der Waals surface area (Å²) >= 11 is 1.57. The highest BCUT2D eigenvalue weighted by atomic mass is 32.1. The van der Waals surface area contributed by atoms with Crippen LogP contribution in [0.5, 0.6) is 0 Å². The lowest BCUT2D eigenvalue weighted by Crippen LogP contribution is -2.26. The van der Waals surface area contributed by atoms with Crippen LogP contribution in [0.1, 0.15) is 15.5 Å². The number of carbonyl (C=O) groups excluding carboxylic acids is 1. The number of thiazole rings is 1. The Morgan fingerprint density at radius 1 is 1.21 bits per heavy atom. The number of benzene rings is 1. The van der Waals surface area contributed by atoms with Gasteiger partial charge in [-0.05, 0) is 24.3 Å². The van der Waals surface area contributed by atoms with Gasteiger partial charge in [0.1, 0.15) is 5.01 Å². The summed E-state index contributed by atoms with van der Waals surface area (Å²) in [6.45, 7) is 0.405. The molecule has 3 aromatic heterocycles. The Labute approximate surface area is 141 Å². The van der Waals surface area contributed by atoms with E-state index in [9.17, 15) is 4.79 Å². The molecular formula is C17H13N3O3S. The van der Waals surface area contributed by atoms with Crippen LogP contribution in [0, 0.1) is 0 Å². The van der Waals surface area contributed by atoms with Crippen molar-refractivity contribution in [1.82, 2.24) is 14.9 Å². The van der Waals surface area contributed by atoms with Crippen molar-refractivity contribution in [3.05, 3.63) is 59.8 Å². The molecule has 120 valence electrons. The Balaban J connectivity index is 1.57. The highest BCUT2D eigenvalue weighted by Crippen LogP contribution is 2.26. The number of nitrogens with zero attached hydrogens (tertiary/aromatic N) is 3. The third-order valence-electron chi connectivity index (χ3n) is 3.57. The summed E-state index contributed by atoms with van der Waals surface area (Å²) in [6.07, 6.45) is 2.77. The van der Waals surface area contributed by atoms with Crippen LogP contribution in [-0.4, -0.2) is 27.8 Å². The van der Waals surface area contributed by atoms with Crippen LogP contribution in [0.4, 0.5) is 0 Å². The van der Waals surface area contributed by atoms with E-state index in [1.54, 1.807) is 35.4 Å². The van der Waals surface area contributed by atoms with E-state index in [1.165, 1.54) is 12.7 Å². The first kappa shape index (κ1) is 14.6. The molecule has 0 aliphatic carbocycles. The number of rotatable bonds is 4. The molecule has 0 saturated heterocycles. The summed E-state index contributed by atoms with van der Waals surface area (Å²) in [5.41, 5.74) is 1.17. The minimum atomic E-state index is -0.241. The first-order valence-corrected chi connectivity index (χ1v) is 8.11. The first-order valence-electron chi connectivity index (χ1n) is 7.29. The number of carbonyl (C=O) groups is 1. The first-order chi connectivity index (χ1) is 11.7. The molecule has 0 N–H and O–H groups in total. The monoisotopic (exact) mass is 339 g/mol. The van der Waals surface area contributed by atoms with Crippen LogP contribution in [0.3, 0.4) is 0 Å². The summed E-state index contributed by atoms with van der Waals surface area (Å²) in [5.74, 6) is 0.569. The second-order valence-electron chi connectivity index (χ2n) is 5.24. The van der Waals surface area contributed by atoms with Crippen molar-refractivity contribution in [3.63, 3.8) is 0 Å². The second kappa shape index (κ2) is 5.93. The average Bonchev–Trinajstić information content (AvgIpc) is 3.32. The number of aromatic nitrogens is 2. The van der Waals surface area contributed by atoms with Gasteiger partial charge in [0.15, 0.2) is 17.8 Å². The highest BCUT2D eigenvalue weighted by Gasteiger charge is 2.23. The minimum absolute atomic E-state index is 0.230. The molecule has 0 aliphatic heterocycles. The summed E-state index contributed by atoms with van der Waals surface area (Å²) in [6, 6.07) is 11.4. The fourth-order valence-corrected chi connectivity index (χ4v) is 3.45. The normalized spacial score (nSPS) is 11.0. The molecule has 4 rings (SSSR count). The highest BCUT2D eigenvalue weighted by molar-refractivity contribution is 7.18. The molecule has 0 spiro atoms. The van der Waals surface area contributed by atoms with Crippen LogP contribution < -0.4 is 0 Å². The van der Waals surface area contributed by atoms with Gasteiger partial charge >= 0.3 is 0 Å². The van der Waals surface area contributed by atoms with Crippen LogP contribution in [0.25, 0.3) is 21.7 Å². The van der Waals surface area contributed by atoms with Gasteiger partial charge in [0.2, 0.25) is 5.76 Å². The van der Waals surface area contributed by atoms with Gasteiger partial charge < -0.3 is 13.7 Å². The summed E-state index contributed by atoms with van der Waals surface area (Å²) in [4.78, 5) is 22.8. The van der Waals surface area contributed by atoms with E-state index >= 15 is 0 Å². The van der Waals surface area contributed by atoms with Crippen LogP contribution in [0.15, 0.2) is 57.9 Å². The molecule has 0 radical (unpaired) electrons. The minimum Gasteiger partial charge on any atom is -0.461 e. The maximum atomic E-state index is 12.7. The summed E-state index contributed by atoms with van der Waals surface area (Å²) in [5, 5.41) is 0.870. The molecule has 0 fully saturated rings. The standard InChI is InChI=1S/C17H13N3O3S/c1-20(9-14-19-11-5-2-3-7-13(11)24-14)17(21)15-16(23-10-18-15)12-6-4-8-22-12/h2-8,10H,9H2,1H3. The largest absolute Gasteiger partial charge is 0.461 e. The van der Waals surface area contributed by atoms with Gasteiger partial charge in [-0.25, -0.2) is 9.97 Å². The van der Waals surface area contributed by atoms with E-state index < -0.39 is 0 Å². The number of oxazole rings is 1. The summed E-state index contributed by atoms with van der Waals surface area (Å²) in [7, 11) is 1.72. The molecule has 7 heteroatoms. The van der Waals surface area contributed by atoms with E-state index in [4.69, 9.17) is 8.83 Å². The van der Waals surface area contributed by atoms with Crippen molar-refractivity contribution in [2.75, 3.05) is 7.05 Å². The van der Waals surface area contributed by atoms with E-state index in [-0.39, 0.29) is 11.6 Å². The van der Waals surface area contributed by atoms with Gasteiger partial charge in [0.05, 0.1) is 23.0 Å². The molecule has 0 unspecified atom stereocenters. The maximum absolute atomic E-state index is 12.7. The molecule has 1 amide bonds. The van der Waals surface area contributed by atoms with Crippen molar-refractivity contribution in [2.24, 2.45) is 0 Å². The topological polar surface area (TPSA) is 72.4 Å². The number of hydrogen-bond acceptors (Lipinski definition) is 6. The Morgan fingerprint density at radius 3 is 2.88 bits per heavy atom. The van der Waals surface area contributed by atoms with Crippen molar-refractivity contribution in [2.45, 2.75) is 6.54 Å². The Bertz CT molecular complexity index is 955. The lowest BCUT2D eigenvalue weighted by molar-refractivity contribution is 0.0780. The van der Waals surface area contributed by atoms with E-state index in [1.807, 2.05) is 24.3 Å². The quantitative estimate of drug-likeness (QED) is 0.565. The molecule has 6 nitrogen and oxygen atoms in total. The van der Waals surface area contributed by atoms with E-state index in [2.05, 4.69) is 9.97 Å². The zero-order chi connectivity index (χ0) is 16.5. The SMILES string of the molecule is CN(Cc1nc2ccccc2s1)C(=O)c1ncoc1-c1ccco1. The third kappa shape index (κ3) is 2.59. The Hall–Kier alpha value is -2.93. The Kier molecular flexibility index (Phi) is 3.62. The lowest BCUT2D eigenvalue weighted by atomic mass is 10.2. The van der Waals surface area contributed by atoms with Crippen LogP contribution in [0.2, 0.25) is 0 Å². The molecule has 0 atom stereocenters. The number of hydrogen-bond donors (Lipinski definition) is 0. The average molecular weight is 339 g/mol. The molecule has 4 aromatic rings. The predicted molar refractivity (Wildman–Crippen MR) is 89.6 cm³/mol. The van der Waals surface area contributed by atoms with Gasteiger partial charge in [-0.1, -0.05) is 12.1 Å². The van der Waals surface area contributed by atoms with E-state index in [0.29, 0.717) is 18.1 Å². The molecule has 24 heavy (non-hydrogen) atoms. The van der Waals surface area contributed by atoms with Gasteiger partial charge in [-0.15, -0.1) is 11.3 Å². The van der Waals surface area contributed by atoms with Crippen LogP contribution >= 0.6 is 11.3 Å². The summed E-state index contributed by atoms with van der Waals surface area (Å²) < 4.78 is 11.7. The zero-order valence-electron chi connectivity index (χ0n) is 12.8. The number of para-hydroxylation sites is 1. The lowest BCUT2D eigenvalue weighted by Gasteiger charge is -2.14. The molecule has 3 heterocycles. The number of furan rings is 1. The van der Waals surface area contributed by atoms with Crippen molar-refractivity contribution < 1.29 is 13.6 Å².